The van der Waals surface area contributed by atoms with E-state index in [-0.39, 0.29) is 11.3 Å². The average molecular weight is 332 g/mol. The van der Waals surface area contributed by atoms with Crippen molar-refractivity contribution in [3.8, 4) is 0 Å². The molecule has 1 rings (SSSR count). The Morgan fingerprint density at radius 2 is 2.05 bits per heavy atom. The Morgan fingerprint density at radius 3 is 2.67 bits per heavy atom. The van der Waals surface area contributed by atoms with Crippen molar-refractivity contribution in [2.24, 2.45) is 11.1 Å². The lowest BCUT2D eigenvalue weighted by Gasteiger charge is -2.28. The first-order chi connectivity index (χ1) is 9.73. The number of anilines is 1. The summed E-state index contributed by atoms with van der Waals surface area (Å²) in [5, 5.41) is 3.79. The van der Waals surface area contributed by atoms with Gasteiger partial charge in [-0.25, -0.2) is 0 Å². The highest BCUT2D eigenvalue weighted by atomic mass is 35.5. The molecule has 0 saturated carbocycles. The smallest absolute Gasteiger partial charge is 0.225 e. The third-order valence-corrected chi connectivity index (χ3v) is 3.74. The van der Waals surface area contributed by atoms with Gasteiger partial charge >= 0.3 is 0 Å². The summed E-state index contributed by atoms with van der Waals surface area (Å²) >= 11 is 11.9. The summed E-state index contributed by atoms with van der Waals surface area (Å²) in [5.74, 6) is -0.0865. The van der Waals surface area contributed by atoms with Gasteiger partial charge in [0.2, 0.25) is 5.91 Å². The summed E-state index contributed by atoms with van der Waals surface area (Å²) in [6.45, 7) is 6.33. The Bertz CT molecular complexity index is 492. The number of hydrogen-bond donors (Lipinski definition) is 2. The molecule has 0 aliphatic heterocycles. The largest absolute Gasteiger partial charge is 0.330 e. The average Bonchev–Trinajstić information content (AvgIpc) is 2.40. The number of hydrogen-bond acceptors (Lipinski definition) is 3. The van der Waals surface area contributed by atoms with Gasteiger partial charge in [-0.2, -0.15) is 0 Å². The lowest BCUT2D eigenvalue weighted by molar-refractivity contribution is -0.116. The molecule has 0 radical (unpaired) electrons. The highest BCUT2D eigenvalue weighted by Gasteiger charge is 2.18. The van der Waals surface area contributed by atoms with E-state index in [9.17, 15) is 4.79 Å². The van der Waals surface area contributed by atoms with Crippen LogP contribution in [-0.4, -0.2) is 37.5 Å². The van der Waals surface area contributed by atoms with Gasteiger partial charge in [0.25, 0.3) is 0 Å². The Morgan fingerprint density at radius 1 is 1.38 bits per heavy atom. The van der Waals surface area contributed by atoms with Gasteiger partial charge in [0.1, 0.15) is 0 Å². The van der Waals surface area contributed by atoms with E-state index in [1.807, 2.05) is 7.05 Å². The first-order valence-corrected chi connectivity index (χ1v) is 7.62. The van der Waals surface area contributed by atoms with E-state index in [4.69, 9.17) is 28.9 Å². The van der Waals surface area contributed by atoms with E-state index in [1.54, 1.807) is 18.2 Å². The predicted molar refractivity (Wildman–Crippen MR) is 90.0 cm³/mol. The van der Waals surface area contributed by atoms with Crippen LogP contribution >= 0.6 is 23.2 Å². The number of rotatable bonds is 7. The van der Waals surface area contributed by atoms with Crippen LogP contribution in [0.2, 0.25) is 10.0 Å². The van der Waals surface area contributed by atoms with Crippen molar-refractivity contribution < 1.29 is 4.79 Å². The lowest BCUT2D eigenvalue weighted by Crippen LogP contribution is -2.37. The highest BCUT2D eigenvalue weighted by molar-refractivity contribution is 6.35. The van der Waals surface area contributed by atoms with E-state index >= 15 is 0 Å². The van der Waals surface area contributed by atoms with Crippen molar-refractivity contribution in [1.82, 2.24) is 4.90 Å². The molecular formula is C15H23Cl2N3O. The van der Waals surface area contributed by atoms with Crippen molar-refractivity contribution in [2.45, 2.75) is 20.3 Å². The van der Waals surface area contributed by atoms with E-state index in [1.165, 1.54) is 0 Å². The molecule has 0 heterocycles. The number of carbonyl (C=O) groups is 1. The van der Waals surface area contributed by atoms with Gasteiger partial charge in [-0.15, -0.1) is 0 Å². The number of carbonyl (C=O) groups excluding carboxylic acids is 1. The maximum Gasteiger partial charge on any atom is 0.225 e. The van der Waals surface area contributed by atoms with E-state index in [0.29, 0.717) is 35.2 Å². The zero-order valence-corrected chi connectivity index (χ0v) is 14.3. The molecule has 6 heteroatoms. The number of amides is 1. The molecule has 0 fully saturated rings. The molecule has 118 valence electrons. The van der Waals surface area contributed by atoms with Crippen molar-refractivity contribution in [1.29, 1.82) is 0 Å². The van der Waals surface area contributed by atoms with Crippen molar-refractivity contribution >= 4 is 34.8 Å². The molecule has 0 spiro atoms. The number of benzene rings is 1. The molecule has 0 aliphatic rings. The van der Waals surface area contributed by atoms with Crippen LogP contribution in [0.4, 0.5) is 5.69 Å². The third-order valence-electron chi connectivity index (χ3n) is 3.17. The standard InChI is InChI=1S/C15H23Cl2N3O/c1-15(2,9-18)10-20(3)7-6-14(21)19-13-8-11(16)4-5-12(13)17/h4-5,8H,6-7,9-10,18H2,1-3H3,(H,19,21). The fourth-order valence-corrected chi connectivity index (χ4v) is 2.31. The Labute approximate surface area is 136 Å². The molecule has 4 nitrogen and oxygen atoms in total. The van der Waals surface area contributed by atoms with Gasteiger partial charge in [0.15, 0.2) is 0 Å². The van der Waals surface area contributed by atoms with Crippen molar-refractivity contribution in [3.63, 3.8) is 0 Å². The number of halogens is 2. The SMILES string of the molecule is CN(CCC(=O)Nc1cc(Cl)ccc1Cl)CC(C)(C)CN. The molecule has 1 aromatic rings. The second-order valence-electron chi connectivity index (χ2n) is 6.03. The fraction of sp³-hybridized carbons (Fsp3) is 0.533. The number of nitrogens with two attached hydrogens (primary N) is 1. The van der Waals surface area contributed by atoms with Crippen LogP contribution in [0.1, 0.15) is 20.3 Å². The van der Waals surface area contributed by atoms with Crippen molar-refractivity contribution in [3.05, 3.63) is 28.2 Å². The Hall–Kier alpha value is -0.810. The summed E-state index contributed by atoms with van der Waals surface area (Å²) in [4.78, 5) is 14.1. The van der Waals surface area contributed by atoms with Crippen LogP contribution < -0.4 is 11.1 Å². The molecule has 0 bridgehead atoms. The quantitative estimate of drug-likeness (QED) is 0.806. The number of nitrogens with one attached hydrogen (secondary N) is 1. The van der Waals surface area contributed by atoms with Crippen LogP contribution in [0.25, 0.3) is 0 Å². The molecule has 3 N–H and O–H groups in total. The normalized spacial score (nSPS) is 11.8. The Kier molecular flexibility index (Phi) is 6.94. The van der Waals surface area contributed by atoms with Gasteiger partial charge in [0, 0.05) is 24.5 Å². The molecule has 0 unspecified atom stereocenters. The Balaban J connectivity index is 2.46. The van der Waals surface area contributed by atoms with E-state index < -0.39 is 0 Å². The minimum atomic E-state index is -0.0865. The van der Waals surface area contributed by atoms with Crippen LogP contribution in [0.5, 0.6) is 0 Å². The van der Waals surface area contributed by atoms with Crippen LogP contribution in [-0.2, 0) is 4.79 Å². The first kappa shape index (κ1) is 18.2. The van der Waals surface area contributed by atoms with Gasteiger partial charge in [0.05, 0.1) is 10.7 Å². The monoisotopic (exact) mass is 331 g/mol. The molecule has 0 aliphatic carbocycles. The lowest BCUT2D eigenvalue weighted by atomic mass is 9.93. The minimum absolute atomic E-state index is 0.0431. The van der Waals surface area contributed by atoms with E-state index in [0.717, 1.165) is 6.54 Å². The molecule has 21 heavy (non-hydrogen) atoms. The summed E-state index contributed by atoms with van der Waals surface area (Å²) in [7, 11) is 1.98. The topological polar surface area (TPSA) is 58.4 Å². The zero-order valence-electron chi connectivity index (χ0n) is 12.7. The van der Waals surface area contributed by atoms with Crippen molar-refractivity contribution in [2.75, 3.05) is 32.0 Å². The summed E-state index contributed by atoms with van der Waals surface area (Å²) < 4.78 is 0. The molecular weight excluding hydrogens is 309 g/mol. The number of nitrogens with zero attached hydrogens (tertiary/aromatic N) is 1. The first-order valence-electron chi connectivity index (χ1n) is 6.87. The molecule has 0 saturated heterocycles. The maximum absolute atomic E-state index is 12.0. The maximum atomic E-state index is 12.0. The minimum Gasteiger partial charge on any atom is -0.330 e. The molecule has 1 aromatic carbocycles. The second kappa shape index (κ2) is 7.99. The van der Waals surface area contributed by atoms with E-state index in [2.05, 4.69) is 24.1 Å². The van der Waals surface area contributed by atoms with Crippen LogP contribution in [0.15, 0.2) is 18.2 Å². The van der Waals surface area contributed by atoms with Gasteiger partial charge in [-0.3, -0.25) is 4.79 Å². The van der Waals surface area contributed by atoms with Crippen LogP contribution in [0, 0.1) is 5.41 Å². The molecule has 1 amide bonds. The van der Waals surface area contributed by atoms with Gasteiger partial charge in [-0.1, -0.05) is 37.0 Å². The molecule has 0 atom stereocenters. The third kappa shape index (κ3) is 6.66. The zero-order chi connectivity index (χ0) is 16.0. The fourth-order valence-electron chi connectivity index (χ4n) is 1.97. The highest BCUT2D eigenvalue weighted by Crippen LogP contribution is 2.25. The van der Waals surface area contributed by atoms with Gasteiger partial charge in [-0.05, 0) is 37.2 Å². The summed E-state index contributed by atoms with van der Waals surface area (Å²) in [6, 6.07) is 4.99. The summed E-state index contributed by atoms with van der Waals surface area (Å²) in [5.41, 5.74) is 6.29. The predicted octanol–water partition coefficient (Wildman–Crippen LogP) is 3.24. The second-order valence-corrected chi connectivity index (χ2v) is 6.87. The molecule has 0 aromatic heterocycles. The van der Waals surface area contributed by atoms with Crippen LogP contribution in [0.3, 0.4) is 0 Å². The summed E-state index contributed by atoms with van der Waals surface area (Å²) in [6.07, 6.45) is 0.389. The van der Waals surface area contributed by atoms with Gasteiger partial charge < -0.3 is 16.0 Å².